The predicted octanol–water partition coefficient (Wildman–Crippen LogP) is 14.8. The molecule has 4 heterocycles. The highest BCUT2D eigenvalue weighted by Crippen LogP contribution is 2.51. The molecule has 0 saturated carbocycles. The summed E-state index contributed by atoms with van der Waals surface area (Å²) >= 11 is 0. The monoisotopic (exact) mass is 813 g/mol. The summed E-state index contributed by atoms with van der Waals surface area (Å²) in [6.07, 6.45) is 0. The molecule has 64 heavy (non-hydrogen) atoms. The van der Waals surface area contributed by atoms with Crippen molar-refractivity contribution in [3.05, 3.63) is 218 Å². The molecule has 0 spiro atoms. The van der Waals surface area contributed by atoms with Gasteiger partial charge in [0.05, 0.1) is 27.8 Å². The molecule has 1 aliphatic heterocycles. The third-order valence-electron chi connectivity index (χ3n) is 13.4. The first-order valence-electron chi connectivity index (χ1n) is 21.7. The van der Waals surface area contributed by atoms with Gasteiger partial charge in [-0.15, -0.1) is 0 Å². The van der Waals surface area contributed by atoms with Crippen molar-refractivity contribution in [3.63, 3.8) is 0 Å². The van der Waals surface area contributed by atoms with Crippen molar-refractivity contribution in [2.24, 2.45) is 0 Å². The summed E-state index contributed by atoms with van der Waals surface area (Å²) in [5.74, 6) is 1.76. The summed E-state index contributed by atoms with van der Waals surface area (Å²) in [6.45, 7) is 4.55. The molecule has 3 aromatic heterocycles. The number of hydrogen-bond donors (Lipinski definition) is 0. The molecule has 0 N–H and O–H groups in total. The van der Waals surface area contributed by atoms with Crippen LogP contribution in [0.3, 0.4) is 0 Å². The lowest BCUT2D eigenvalue weighted by Gasteiger charge is -2.15. The first kappa shape index (κ1) is 35.0. The number of para-hydroxylation sites is 2. The Bertz CT molecular complexity index is 3970. The highest BCUT2D eigenvalue weighted by molar-refractivity contribution is 6.27. The fourth-order valence-corrected chi connectivity index (χ4v) is 10.8. The maximum atomic E-state index is 5.59. The number of hydrogen-bond acceptors (Lipinski definition) is 3. The minimum Gasteiger partial charge on any atom is -0.306 e. The summed E-state index contributed by atoms with van der Waals surface area (Å²) in [7, 11) is 0. The van der Waals surface area contributed by atoms with E-state index < -0.39 is 0 Å². The smallest absolute Gasteiger partial charge is 0.238 e. The van der Waals surface area contributed by atoms with Gasteiger partial charge in [-0.3, -0.25) is 4.57 Å². The second kappa shape index (κ2) is 13.2. The Hall–Kier alpha value is -8.67. The van der Waals surface area contributed by atoms with Crippen LogP contribution >= 0.6 is 0 Å². The Morgan fingerprint density at radius 2 is 0.875 bits per heavy atom. The van der Waals surface area contributed by atoms with Crippen LogP contribution in [-0.4, -0.2) is 24.1 Å². The maximum absolute atomic E-state index is 5.59. The van der Waals surface area contributed by atoms with Crippen LogP contribution in [0.25, 0.3) is 128 Å². The fourth-order valence-electron chi connectivity index (χ4n) is 10.8. The van der Waals surface area contributed by atoms with E-state index in [0.29, 0.717) is 17.6 Å². The van der Waals surface area contributed by atoms with E-state index in [0.717, 1.165) is 88.5 Å². The van der Waals surface area contributed by atoms with Gasteiger partial charge in [-0.05, 0) is 56.6 Å². The lowest BCUT2D eigenvalue weighted by molar-refractivity contribution is 0.953. The van der Waals surface area contributed by atoms with Gasteiger partial charge < -0.3 is 4.57 Å². The van der Waals surface area contributed by atoms with Crippen LogP contribution < -0.4 is 0 Å². The third kappa shape index (κ3) is 4.75. The lowest BCUT2D eigenvalue weighted by Crippen LogP contribution is -2.07. The summed E-state index contributed by atoms with van der Waals surface area (Å²) < 4.78 is 4.83. The highest BCUT2D eigenvalue weighted by atomic mass is 15.2. The van der Waals surface area contributed by atoms with Crippen molar-refractivity contribution in [2.45, 2.75) is 0 Å². The summed E-state index contributed by atoms with van der Waals surface area (Å²) in [6, 6.07) is 71.6. The molecule has 9 aromatic carbocycles. The number of aromatic nitrogens is 5. The van der Waals surface area contributed by atoms with Crippen LogP contribution in [0.4, 0.5) is 0 Å². The average molecular weight is 814 g/mol. The average Bonchev–Trinajstić information content (AvgIpc) is 3.97. The van der Waals surface area contributed by atoms with Crippen molar-refractivity contribution in [2.75, 3.05) is 0 Å². The highest BCUT2D eigenvalue weighted by Gasteiger charge is 2.30. The first-order chi connectivity index (χ1) is 31.7. The molecule has 0 saturated heterocycles. The second-order valence-corrected chi connectivity index (χ2v) is 16.8. The molecule has 0 amide bonds. The molecular weight excluding hydrogens is 779 g/mol. The molecule has 12 aromatic rings. The minimum absolute atomic E-state index is 0.549. The van der Waals surface area contributed by atoms with Gasteiger partial charge >= 0.3 is 0 Å². The van der Waals surface area contributed by atoms with Gasteiger partial charge in [0.15, 0.2) is 11.6 Å². The zero-order chi connectivity index (χ0) is 42.0. The fraction of sp³-hybridized carbons (Fsp3) is 0. The van der Waals surface area contributed by atoms with Crippen LogP contribution in [-0.2, 0) is 0 Å². The Morgan fingerprint density at radius 3 is 1.69 bits per heavy atom. The Morgan fingerprint density at radius 1 is 0.328 bits per heavy atom. The van der Waals surface area contributed by atoms with E-state index in [4.69, 9.17) is 15.0 Å². The zero-order valence-corrected chi connectivity index (χ0v) is 34.5. The Kier molecular flexibility index (Phi) is 7.20. The largest absolute Gasteiger partial charge is 0.306 e. The number of benzene rings is 9. The quantitative estimate of drug-likeness (QED) is 0.178. The molecule has 0 unspecified atom stereocenters. The minimum atomic E-state index is 0.549. The molecular formula is C59H35N5. The van der Waals surface area contributed by atoms with E-state index in [2.05, 4.69) is 198 Å². The third-order valence-corrected chi connectivity index (χ3v) is 13.4. The lowest BCUT2D eigenvalue weighted by atomic mass is 9.93. The van der Waals surface area contributed by atoms with Gasteiger partial charge in [0, 0.05) is 49.4 Å². The van der Waals surface area contributed by atoms with Crippen LogP contribution in [0, 0.1) is 0 Å². The van der Waals surface area contributed by atoms with Gasteiger partial charge in [0.25, 0.3) is 0 Å². The van der Waals surface area contributed by atoms with E-state index in [1.807, 2.05) is 18.2 Å². The molecule has 5 heteroatoms. The number of rotatable bonds is 4. The molecule has 296 valence electrons. The maximum Gasteiger partial charge on any atom is 0.238 e. The Balaban J connectivity index is 1.18. The molecule has 0 bridgehead atoms. The summed E-state index contributed by atoms with van der Waals surface area (Å²) in [4.78, 5) is 16.4. The molecule has 0 atom stereocenters. The molecule has 0 radical (unpaired) electrons. The number of nitrogens with zero attached hydrogens (tertiary/aromatic N) is 5. The zero-order valence-electron chi connectivity index (χ0n) is 34.5. The van der Waals surface area contributed by atoms with Crippen LogP contribution in [0.15, 0.2) is 207 Å². The van der Waals surface area contributed by atoms with Gasteiger partial charge in [-0.1, -0.05) is 195 Å². The van der Waals surface area contributed by atoms with Crippen molar-refractivity contribution in [1.82, 2.24) is 24.1 Å². The van der Waals surface area contributed by atoms with E-state index >= 15 is 0 Å². The van der Waals surface area contributed by atoms with Gasteiger partial charge in [-0.2, -0.15) is 9.97 Å². The molecule has 2 aliphatic rings. The predicted molar refractivity (Wildman–Crippen MR) is 263 cm³/mol. The van der Waals surface area contributed by atoms with Crippen LogP contribution in [0.1, 0.15) is 11.1 Å². The standard InChI is InChI=1S/C59H35N5/c1-35-38-21-8-11-25-44(38)52-39(35)26-14-30-49(52)58-60-57(37-19-6-3-7-20-37)61-59(62-58)64-51-32-16-27-40(36-17-4-2-5-18-36)53(51)48-34-33-47-46-29-15-28-45-42-23-10-9-22-41(42)43-24-12-13-31-50(43)63(54(45)46)55(47)56(48)64/h2-34H,1H2. The number of fused-ring (bicyclic) bond motifs is 15. The van der Waals surface area contributed by atoms with Gasteiger partial charge in [-0.25, -0.2) is 4.98 Å². The van der Waals surface area contributed by atoms with Gasteiger partial charge in [0.1, 0.15) is 0 Å². The van der Waals surface area contributed by atoms with Crippen molar-refractivity contribution in [3.8, 4) is 78.9 Å². The SMILES string of the molecule is C=C1c2ccccc2-c2c1cccc2-c1nc(-c2ccccc2)nc(-n2c3cccc(-c4ccccc4)c3c3ccc4c5cccc6c5n(c4c32)-c2ccccc2-c2ccccc2-6)n1. The molecule has 1 aliphatic carbocycles. The van der Waals surface area contributed by atoms with E-state index in [-0.39, 0.29) is 0 Å². The van der Waals surface area contributed by atoms with E-state index in [9.17, 15) is 0 Å². The normalized spacial score (nSPS) is 12.4. The van der Waals surface area contributed by atoms with Crippen LogP contribution in [0.5, 0.6) is 0 Å². The summed E-state index contributed by atoms with van der Waals surface area (Å²) in [5.41, 5.74) is 19.9. The second-order valence-electron chi connectivity index (χ2n) is 16.8. The molecule has 14 rings (SSSR count). The first-order valence-corrected chi connectivity index (χ1v) is 21.7. The van der Waals surface area contributed by atoms with Crippen molar-refractivity contribution >= 4 is 49.2 Å². The van der Waals surface area contributed by atoms with Gasteiger partial charge in [0.2, 0.25) is 5.95 Å². The van der Waals surface area contributed by atoms with E-state index in [1.165, 1.54) is 33.2 Å². The topological polar surface area (TPSA) is 48.5 Å². The molecule has 5 nitrogen and oxygen atoms in total. The van der Waals surface area contributed by atoms with Crippen molar-refractivity contribution in [1.29, 1.82) is 0 Å². The summed E-state index contributed by atoms with van der Waals surface area (Å²) in [5, 5.41) is 4.62. The Labute approximate surface area is 368 Å². The van der Waals surface area contributed by atoms with E-state index in [1.54, 1.807) is 0 Å². The van der Waals surface area contributed by atoms with Crippen LogP contribution in [0.2, 0.25) is 0 Å². The molecule has 0 fully saturated rings. The van der Waals surface area contributed by atoms with Crippen molar-refractivity contribution < 1.29 is 0 Å².